The number of para-hydroxylation sites is 1. The number of furan rings is 1. The Morgan fingerprint density at radius 2 is 0.764 bits per heavy atom. The molecule has 11 rings (SSSR count). The highest BCUT2D eigenvalue weighted by molar-refractivity contribution is 6.25. The van der Waals surface area contributed by atoms with Gasteiger partial charge in [0.15, 0.2) is 17.5 Å². The Balaban J connectivity index is 1.28. The van der Waals surface area contributed by atoms with Crippen LogP contribution in [0, 0.1) is 0 Å². The number of fused-ring (bicyclic) bond motifs is 9. The molecule has 0 radical (unpaired) electrons. The maximum absolute atomic E-state index is 9.80. The van der Waals surface area contributed by atoms with Crippen LogP contribution in [0.5, 0.6) is 0 Å². The van der Waals surface area contributed by atoms with Crippen LogP contribution in [0.15, 0.2) is 192 Å². The lowest BCUT2D eigenvalue weighted by Crippen LogP contribution is -2.00. The van der Waals surface area contributed by atoms with Crippen LogP contribution in [0.1, 0.15) is 42.5 Å². The first-order chi connectivity index (χ1) is 40.2. The molecule has 0 aliphatic rings. The van der Waals surface area contributed by atoms with Crippen molar-refractivity contribution in [3.8, 4) is 56.4 Å². The molecule has 256 valence electrons. The Labute approximate surface area is 360 Å². The lowest BCUT2D eigenvalue weighted by molar-refractivity contribution is 0.669. The molecule has 0 aliphatic carbocycles. The molecule has 0 spiro atoms. The SMILES string of the molecule is [2H]c1c([2H])c([2H])c(-c2nc(-c3c([2H])c([2H])c([2H])c(-c4c([2H])c([2H])c([2H])c(-c5c([2H])c([2H])c6c7c([2H])c([2H])c([2H])c([2H])c7c7c([2H])c([2H])c([2H])c([2H])c7c6c5[2H])c4[2H])c3[2H])nc(-c3c([2H])c([2H])c([2H])c4oc5c([2H])c([2H])c([2H])c([2H])c5c34)n2)c([2H])c1[2H]. The molecule has 4 heteroatoms. The van der Waals surface area contributed by atoms with Gasteiger partial charge in [-0.2, -0.15) is 0 Å². The number of aromatic nitrogens is 3. The van der Waals surface area contributed by atoms with Crippen LogP contribution in [0.25, 0.3) is 111 Å². The van der Waals surface area contributed by atoms with Gasteiger partial charge < -0.3 is 4.42 Å². The number of rotatable bonds is 5. The van der Waals surface area contributed by atoms with Crippen molar-refractivity contribution in [3.05, 3.63) is 187 Å². The summed E-state index contributed by atoms with van der Waals surface area (Å²) in [6.07, 6.45) is 0. The van der Waals surface area contributed by atoms with Gasteiger partial charge in [0.05, 0.1) is 42.5 Å². The van der Waals surface area contributed by atoms with Crippen molar-refractivity contribution in [1.82, 2.24) is 15.0 Å². The molecule has 0 atom stereocenters. The van der Waals surface area contributed by atoms with Crippen molar-refractivity contribution < 1.29 is 46.9 Å². The molecule has 0 fully saturated rings. The average molecular weight is 733 g/mol. The Morgan fingerprint density at radius 3 is 1.45 bits per heavy atom. The minimum atomic E-state index is -1.15. The molecule has 0 aliphatic heterocycles. The second-order valence-corrected chi connectivity index (χ2v) is 11.6. The fourth-order valence-electron chi connectivity index (χ4n) is 6.06. The van der Waals surface area contributed by atoms with Crippen molar-refractivity contribution in [2.75, 3.05) is 0 Å². The van der Waals surface area contributed by atoms with Crippen LogP contribution in [-0.2, 0) is 0 Å². The minimum Gasteiger partial charge on any atom is -0.456 e. The van der Waals surface area contributed by atoms with Gasteiger partial charge in [-0.05, 0) is 84.8 Å². The lowest BCUT2D eigenvalue weighted by atomic mass is 9.91. The standard InChI is InChI=1S/C51H31N3O/c1-2-13-32(14-3-1)49-52-50(54-51(53-49)44-24-12-26-47-48(44)43-23-8-9-25-46(43)55-47)37-18-11-17-35(30-37)33-15-10-16-34(29-33)36-27-28-42-40-21-5-4-19-38(40)39-20-6-7-22-41(39)45(42)31-36/h1-31H/i1D,2D,3D,4D,5D,6D,7D,8D,9D,10D,11D,12D,13D,14D,15D,16D,17D,18D,19D,20D,21D,22D,23D,24D,25D,26D,27D,28D,29D,30D,31D. The van der Waals surface area contributed by atoms with E-state index in [4.69, 9.17) is 33.2 Å². The smallest absolute Gasteiger partial charge is 0.164 e. The third-order valence-corrected chi connectivity index (χ3v) is 8.44. The summed E-state index contributed by atoms with van der Waals surface area (Å²) in [5.74, 6) is -2.72. The molecule has 0 amide bonds. The maximum atomic E-state index is 9.80. The van der Waals surface area contributed by atoms with Crippen LogP contribution in [0.4, 0.5) is 0 Å². The largest absolute Gasteiger partial charge is 0.456 e. The van der Waals surface area contributed by atoms with Crippen LogP contribution < -0.4 is 0 Å². The van der Waals surface area contributed by atoms with Crippen molar-refractivity contribution in [2.45, 2.75) is 0 Å². The van der Waals surface area contributed by atoms with Gasteiger partial charge >= 0.3 is 0 Å². The Kier molecular flexibility index (Phi) is 3.02. The summed E-state index contributed by atoms with van der Waals surface area (Å²) in [5, 5.41) is -4.32. The molecule has 0 saturated heterocycles. The number of hydrogen-bond donors (Lipinski definition) is 0. The van der Waals surface area contributed by atoms with E-state index in [0.717, 1.165) is 0 Å². The van der Waals surface area contributed by atoms with Crippen LogP contribution in [0.2, 0.25) is 0 Å². The normalized spacial score (nSPS) is 19.5. The molecule has 11 aromatic rings. The molecule has 0 saturated carbocycles. The van der Waals surface area contributed by atoms with Gasteiger partial charge in [-0.3, -0.25) is 0 Å². The lowest BCUT2D eigenvalue weighted by Gasteiger charge is -2.13. The van der Waals surface area contributed by atoms with E-state index in [9.17, 15) is 13.7 Å². The van der Waals surface area contributed by atoms with Crippen LogP contribution >= 0.6 is 0 Å². The Hall–Kier alpha value is -7.43. The molecule has 4 nitrogen and oxygen atoms in total. The van der Waals surface area contributed by atoms with Crippen molar-refractivity contribution in [2.24, 2.45) is 0 Å². The summed E-state index contributed by atoms with van der Waals surface area (Å²) >= 11 is 0. The molecule has 9 aromatic carbocycles. The monoisotopic (exact) mass is 732 g/mol. The summed E-state index contributed by atoms with van der Waals surface area (Å²) in [6, 6.07) is -29.2. The van der Waals surface area contributed by atoms with Gasteiger partial charge in [0, 0.05) is 27.5 Å². The highest BCUT2D eigenvalue weighted by atomic mass is 16.3. The van der Waals surface area contributed by atoms with E-state index >= 15 is 0 Å². The molecular formula is C51H31N3O. The zero-order valence-corrected chi connectivity index (χ0v) is 27.2. The van der Waals surface area contributed by atoms with E-state index in [2.05, 4.69) is 15.0 Å². The van der Waals surface area contributed by atoms with E-state index in [1.165, 1.54) is 0 Å². The summed E-state index contributed by atoms with van der Waals surface area (Å²) < 4.78 is 283. The minimum absolute atomic E-state index is 0.466. The van der Waals surface area contributed by atoms with E-state index < -0.39 is 298 Å². The van der Waals surface area contributed by atoms with E-state index in [1.54, 1.807) is 0 Å². The molecule has 2 heterocycles. The highest BCUT2D eigenvalue weighted by Crippen LogP contribution is 2.39. The van der Waals surface area contributed by atoms with Gasteiger partial charge in [-0.15, -0.1) is 0 Å². The van der Waals surface area contributed by atoms with Gasteiger partial charge in [0.1, 0.15) is 11.2 Å². The Bertz CT molecular complexity index is 5010. The second-order valence-electron chi connectivity index (χ2n) is 11.6. The van der Waals surface area contributed by atoms with E-state index in [-0.39, 0.29) is 0 Å². The molecular weight excluding hydrogens is 671 g/mol. The fraction of sp³-hybridized carbons (Fsp3) is 0. The number of hydrogen-bond acceptors (Lipinski definition) is 4. The summed E-state index contributed by atoms with van der Waals surface area (Å²) in [5.41, 5.74) is -7.35. The molecule has 0 N–H and O–H groups in total. The number of nitrogens with zero attached hydrogens (tertiary/aromatic N) is 3. The summed E-state index contributed by atoms with van der Waals surface area (Å²) in [4.78, 5) is 13.1. The van der Waals surface area contributed by atoms with E-state index in [0.29, 0.717) is 0 Å². The zero-order valence-electron chi connectivity index (χ0n) is 58.2. The van der Waals surface area contributed by atoms with Gasteiger partial charge in [0.25, 0.3) is 0 Å². The van der Waals surface area contributed by atoms with E-state index in [1.807, 2.05) is 0 Å². The third kappa shape index (κ3) is 5.26. The molecule has 2 aromatic heterocycles. The molecule has 0 unspecified atom stereocenters. The van der Waals surface area contributed by atoms with Gasteiger partial charge in [0.2, 0.25) is 0 Å². The summed E-state index contributed by atoms with van der Waals surface area (Å²) in [6.45, 7) is 0. The van der Waals surface area contributed by atoms with Crippen LogP contribution in [-0.4, -0.2) is 15.0 Å². The zero-order chi connectivity index (χ0) is 63.3. The van der Waals surface area contributed by atoms with Gasteiger partial charge in [-0.1, -0.05) is 157 Å². The van der Waals surface area contributed by atoms with Crippen molar-refractivity contribution in [3.63, 3.8) is 0 Å². The molecule has 0 bridgehead atoms. The predicted molar refractivity (Wildman–Crippen MR) is 227 cm³/mol. The fourth-order valence-corrected chi connectivity index (χ4v) is 6.06. The second kappa shape index (κ2) is 12.6. The number of benzene rings is 9. The van der Waals surface area contributed by atoms with Crippen molar-refractivity contribution >= 4 is 54.3 Å². The predicted octanol–water partition coefficient (Wildman–Crippen LogP) is 13.6. The first-order valence-electron chi connectivity index (χ1n) is 31.5. The quantitative estimate of drug-likeness (QED) is 0.165. The van der Waals surface area contributed by atoms with Gasteiger partial charge in [-0.25, -0.2) is 15.0 Å². The Morgan fingerprint density at radius 1 is 0.309 bits per heavy atom. The topological polar surface area (TPSA) is 51.8 Å². The average Bonchev–Trinajstić information content (AvgIpc) is 0.723. The van der Waals surface area contributed by atoms with Crippen molar-refractivity contribution in [1.29, 1.82) is 0 Å². The molecule has 55 heavy (non-hydrogen) atoms. The maximum Gasteiger partial charge on any atom is 0.164 e. The highest BCUT2D eigenvalue weighted by Gasteiger charge is 2.18. The summed E-state index contributed by atoms with van der Waals surface area (Å²) in [7, 11) is 0. The first-order valence-corrected chi connectivity index (χ1v) is 16.0. The first kappa shape index (κ1) is 13.2. The van der Waals surface area contributed by atoms with Crippen LogP contribution in [0.3, 0.4) is 0 Å². The third-order valence-electron chi connectivity index (χ3n) is 8.44.